The highest BCUT2D eigenvalue weighted by atomic mass is 19.1. The second-order valence-corrected chi connectivity index (χ2v) is 5.95. The van der Waals surface area contributed by atoms with Crippen LogP contribution in [0.2, 0.25) is 0 Å². The van der Waals surface area contributed by atoms with Crippen molar-refractivity contribution in [2.75, 3.05) is 20.2 Å². The standard InChI is InChI=1S/C15H23FN2O/c1-11-8-17-15(2,3)10-18(11)9-12-6-5-7-13(19-4)14(12)16/h5-7,11,17H,8-10H2,1-4H3. The van der Waals surface area contributed by atoms with Crippen LogP contribution in [-0.4, -0.2) is 36.7 Å². The molecule has 0 radical (unpaired) electrons. The molecule has 1 fully saturated rings. The lowest BCUT2D eigenvalue weighted by atomic mass is 9.98. The van der Waals surface area contributed by atoms with E-state index in [2.05, 4.69) is 31.0 Å². The number of ether oxygens (including phenoxy) is 1. The molecule has 0 saturated carbocycles. The minimum atomic E-state index is -0.242. The Morgan fingerprint density at radius 3 is 2.89 bits per heavy atom. The number of hydrogen-bond acceptors (Lipinski definition) is 3. The van der Waals surface area contributed by atoms with E-state index in [9.17, 15) is 4.39 Å². The van der Waals surface area contributed by atoms with Gasteiger partial charge in [-0.2, -0.15) is 0 Å². The average molecular weight is 266 g/mol. The molecule has 4 heteroatoms. The number of rotatable bonds is 3. The number of hydrogen-bond donors (Lipinski definition) is 1. The van der Waals surface area contributed by atoms with Gasteiger partial charge in [0.2, 0.25) is 0 Å². The molecule has 0 spiro atoms. The van der Waals surface area contributed by atoms with Gasteiger partial charge in [0, 0.05) is 36.8 Å². The van der Waals surface area contributed by atoms with Gasteiger partial charge in [0.15, 0.2) is 11.6 Å². The van der Waals surface area contributed by atoms with Crippen LogP contribution in [0, 0.1) is 5.82 Å². The molecular weight excluding hydrogens is 243 g/mol. The Morgan fingerprint density at radius 1 is 1.47 bits per heavy atom. The van der Waals surface area contributed by atoms with Crippen molar-refractivity contribution in [3.05, 3.63) is 29.6 Å². The van der Waals surface area contributed by atoms with Crippen LogP contribution in [0.1, 0.15) is 26.3 Å². The fraction of sp³-hybridized carbons (Fsp3) is 0.600. The maximum atomic E-state index is 14.2. The van der Waals surface area contributed by atoms with Gasteiger partial charge in [-0.3, -0.25) is 4.90 Å². The normalized spacial score (nSPS) is 23.3. The van der Waals surface area contributed by atoms with Crippen molar-refractivity contribution in [3.63, 3.8) is 0 Å². The monoisotopic (exact) mass is 266 g/mol. The molecule has 1 aliphatic rings. The van der Waals surface area contributed by atoms with E-state index in [1.165, 1.54) is 7.11 Å². The topological polar surface area (TPSA) is 24.5 Å². The predicted molar refractivity (Wildman–Crippen MR) is 74.9 cm³/mol. The number of halogens is 1. The van der Waals surface area contributed by atoms with Gasteiger partial charge in [-0.25, -0.2) is 4.39 Å². The lowest BCUT2D eigenvalue weighted by Gasteiger charge is -2.43. The summed E-state index contributed by atoms with van der Waals surface area (Å²) in [6, 6.07) is 5.73. The zero-order chi connectivity index (χ0) is 14.0. The van der Waals surface area contributed by atoms with E-state index in [0.29, 0.717) is 23.9 Å². The first-order valence-corrected chi connectivity index (χ1v) is 6.73. The van der Waals surface area contributed by atoms with Gasteiger partial charge in [0.1, 0.15) is 0 Å². The molecule has 1 N–H and O–H groups in total. The second-order valence-electron chi connectivity index (χ2n) is 5.95. The zero-order valence-corrected chi connectivity index (χ0v) is 12.2. The molecule has 0 aromatic heterocycles. The van der Waals surface area contributed by atoms with Crippen LogP contribution in [0.5, 0.6) is 5.75 Å². The van der Waals surface area contributed by atoms with E-state index < -0.39 is 0 Å². The summed E-state index contributed by atoms with van der Waals surface area (Å²) in [6.07, 6.45) is 0. The van der Waals surface area contributed by atoms with E-state index in [0.717, 1.165) is 13.1 Å². The van der Waals surface area contributed by atoms with Crippen LogP contribution in [-0.2, 0) is 6.54 Å². The lowest BCUT2D eigenvalue weighted by Crippen LogP contribution is -2.60. The molecule has 19 heavy (non-hydrogen) atoms. The van der Waals surface area contributed by atoms with E-state index in [-0.39, 0.29) is 11.4 Å². The quantitative estimate of drug-likeness (QED) is 0.909. The summed E-state index contributed by atoms with van der Waals surface area (Å²) in [7, 11) is 1.50. The first kappa shape index (κ1) is 14.3. The van der Waals surface area contributed by atoms with Crippen molar-refractivity contribution in [3.8, 4) is 5.75 Å². The molecule has 0 aliphatic carbocycles. The van der Waals surface area contributed by atoms with Gasteiger partial charge in [0.05, 0.1) is 7.11 Å². The summed E-state index contributed by atoms with van der Waals surface area (Å²) in [6.45, 7) is 8.97. The molecule has 1 aromatic rings. The van der Waals surface area contributed by atoms with Gasteiger partial charge in [0.25, 0.3) is 0 Å². The van der Waals surface area contributed by atoms with Gasteiger partial charge in [-0.05, 0) is 26.8 Å². The average Bonchev–Trinajstić information content (AvgIpc) is 2.36. The van der Waals surface area contributed by atoms with Crippen LogP contribution >= 0.6 is 0 Å². The zero-order valence-electron chi connectivity index (χ0n) is 12.2. The summed E-state index contributed by atoms with van der Waals surface area (Å²) in [5.41, 5.74) is 0.769. The molecule has 1 heterocycles. The van der Waals surface area contributed by atoms with Crippen molar-refractivity contribution in [1.29, 1.82) is 0 Å². The SMILES string of the molecule is COc1cccc(CN2CC(C)(C)NCC2C)c1F. The van der Waals surface area contributed by atoms with E-state index in [1.807, 2.05) is 12.1 Å². The van der Waals surface area contributed by atoms with Crippen LogP contribution in [0.3, 0.4) is 0 Å². The highest BCUT2D eigenvalue weighted by molar-refractivity contribution is 5.31. The van der Waals surface area contributed by atoms with Crippen molar-refractivity contribution >= 4 is 0 Å². The first-order chi connectivity index (χ1) is 8.93. The molecule has 0 amide bonds. The molecule has 3 nitrogen and oxygen atoms in total. The van der Waals surface area contributed by atoms with E-state index >= 15 is 0 Å². The predicted octanol–water partition coefficient (Wildman–Crippen LogP) is 2.41. The Hall–Kier alpha value is -1.13. The molecule has 0 bridgehead atoms. The number of nitrogens with zero attached hydrogens (tertiary/aromatic N) is 1. The maximum Gasteiger partial charge on any atom is 0.169 e. The van der Waals surface area contributed by atoms with Crippen molar-refractivity contribution in [1.82, 2.24) is 10.2 Å². The number of nitrogens with one attached hydrogen (secondary N) is 1. The highest BCUT2D eigenvalue weighted by Crippen LogP contribution is 2.24. The Morgan fingerprint density at radius 2 is 2.21 bits per heavy atom. The third kappa shape index (κ3) is 3.25. The van der Waals surface area contributed by atoms with Gasteiger partial charge >= 0.3 is 0 Å². The number of benzene rings is 1. The highest BCUT2D eigenvalue weighted by Gasteiger charge is 2.30. The second kappa shape index (κ2) is 5.47. The van der Waals surface area contributed by atoms with Crippen LogP contribution in [0.25, 0.3) is 0 Å². The Bertz CT molecular complexity index is 448. The van der Waals surface area contributed by atoms with Crippen LogP contribution in [0.4, 0.5) is 4.39 Å². The first-order valence-electron chi connectivity index (χ1n) is 6.73. The fourth-order valence-electron chi connectivity index (χ4n) is 2.54. The van der Waals surface area contributed by atoms with Gasteiger partial charge in [-0.15, -0.1) is 0 Å². The van der Waals surface area contributed by atoms with Crippen LogP contribution < -0.4 is 10.1 Å². The maximum absolute atomic E-state index is 14.2. The van der Waals surface area contributed by atoms with Crippen LogP contribution in [0.15, 0.2) is 18.2 Å². The van der Waals surface area contributed by atoms with Crippen molar-refractivity contribution in [2.45, 2.75) is 38.9 Å². The third-order valence-electron chi connectivity index (χ3n) is 3.73. The Balaban J connectivity index is 2.16. The summed E-state index contributed by atoms with van der Waals surface area (Å²) in [5.74, 6) is 0.0769. The molecule has 2 rings (SSSR count). The van der Waals surface area contributed by atoms with Crippen molar-refractivity contribution in [2.24, 2.45) is 0 Å². The summed E-state index contributed by atoms with van der Waals surface area (Å²) < 4.78 is 19.2. The Labute approximate surface area is 114 Å². The molecule has 1 atom stereocenters. The minimum Gasteiger partial charge on any atom is -0.494 e. The molecule has 1 unspecified atom stereocenters. The number of piperazine rings is 1. The largest absolute Gasteiger partial charge is 0.494 e. The molecular formula is C15H23FN2O. The lowest BCUT2D eigenvalue weighted by molar-refractivity contribution is 0.0965. The fourth-order valence-corrected chi connectivity index (χ4v) is 2.54. The molecule has 1 aliphatic heterocycles. The van der Waals surface area contributed by atoms with Crippen molar-refractivity contribution < 1.29 is 9.13 Å². The van der Waals surface area contributed by atoms with Gasteiger partial charge in [-0.1, -0.05) is 12.1 Å². The Kier molecular flexibility index (Phi) is 4.11. The summed E-state index contributed by atoms with van der Waals surface area (Å²) in [4.78, 5) is 2.31. The van der Waals surface area contributed by atoms with Gasteiger partial charge < -0.3 is 10.1 Å². The smallest absolute Gasteiger partial charge is 0.169 e. The van der Waals surface area contributed by atoms with E-state index in [4.69, 9.17) is 4.74 Å². The van der Waals surface area contributed by atoms with E-state index in [1.54, 1.807) is 6.07 Å². The molecule has 1 aromatic carbocycles. The number of methoxy groups -OCH3 is 1. The summed E-state index contributed by atoms with van der Waals surface area (Å²) >= 11 is 0. The minimum absolute atomic E-state index is 0.0713. The molecule has 1 saturated heterocycles. The summed E-state index contributed by atoms with van der Waals surface area (Å²) in [5, 5.41) is 3.50. The third-order valence-corrected chi connectivity index (χ3v) is 3.73. The molecule has 106 valence electrons.